The number of Topliss-reactive ketones (excluding diaryl/α,β-unsaturated/α-hetero) is 1. The van der Waals surface area contributed by atoms with Crippen molar-refractivity contribution in [3.63, 3.8) is 0 Å². The maximum Gasteiger partial charge on any atom is 0.252 e. The summed E-state index contributed by atoms with van der Waals surface area (Å²) in [6.45, 7) is 4.00. The Balaban J connectivity index is 1.99. The monoisotopic (exact) mass is 349 g/mol. The highest BCUT2D eigenvalue weighted by Gasteiger charge is 2.26. The number of aryl methyl sites for hydroxylation is 2. The summed E-state index contributed by atoms with van der Waals surface area (Å²) in [5.41, 5.74) is 3.78. The fourth-order valence-electron chi connectivity index (χ4n) is 2.51. The Morgan fingerprint density at radius 1 is 0.920 bits per heavy atom. The summed E-state index contributed by atoms with van der Waals surface area (Å²) in [5, 5.41) is 12.1. The molecule has 25 heavy (non-hydrogen) atoms. The van der Waals surface area contributed by atoms with Gasteiger partial charge in [-0.25, -0.2) is 0 Å². The van der Waals surface area contributed by atoms with Gasteiger partial charge < -0.3 is 5.21 Å². The number of carbonyl (C=O) groups is 1. The lowest BCUT2D eigenvalue weighted by atomic mass is 10.0. The summed E-state index contributed by atoms with van der Waals surface area (Å²) in [6.07, 6.45) is 1.45. The molecule has 0 aliphatic heterocycles. The van der Waals surface area contributed by atoms with Crippen molar-refractivity contribution in [2.75, 3.05) is 0 Å². The quantitative estimate of drug-likeness (QED) is 0.291. The molecule has 3 nitrogen and oxygen atoms in total. The molecule has 0 bridgehead atoms. The minimum absolute atomic E-state index is 0.00212. The number of ketones is 1. The summed E-state index contributed by atoms with van der Waals surface area (Å²) < 4.78 is 0.800. The number of hydrogen-bond donors (Lipinski definition) is 0. The second-order valence-electron chi connectivity index (χ2n) is 6.00. The van der Waals surface area contributed by atoms with Gasteiger partial charge in [0.25, 0.3) is 5.03 Å². The van der Waals surface area contributed by atoms with Gasteiger partial charge in [-0.05, 0) is 37.2 Å². The molecule has 3 aromatic rings. The first-order valence-electron chi connectivity index (χ1n) is 8.07. The number of rotatable bonds is 5. The Morgan fingerprint density at radius 3 is 2.12 bits per heavy atom. The molecule has 0 spiro atoms. The molecule has 1 heterocycles. The van der Waals surface area contributed by atoms with Crippen LogP contribution < -0.4 is 4.73 Å². The molecule has 1 unspecified atom stereocenters. The van der Waals surface area contributed by atoms with E-state index >= 15 is 0 Å². The van der Waals surface area contributed by atoms with Gasteiger partial charge in [-0.15, -0.1) is 0 Å². The zero-order valence-corrected chi connectivity index (χ0v) is 15.0. The van der Waals surface area contributed by atoms with Crippen LogP contribution in [0.1, 0.15) is 32.3 Å². The predicted molar refractivity (Wildman–Crippen MR) is 101 cm³/mol. The molecule has 0 fully saturated rings. The molecule has 0 saturated carbocycles. The minimum atomic E-state index is -0.467. The number of benzene rings is 2. The van der Waals surface area contributed by atoms with Crippen LogP contribution in [0.25, 0.3) is 0 Å². The van der Waals surface area contributed by atoms with Gasteiger partial charge in [0, 0.05) is 17.7 Å². The smallest absolute Gasteiger partial charge is 0.252 e. The first kappa shape index (κ1) is 17.2. The van der Waals surface area contributed by atoms with Crippen LogP contribution in [0.15, 0.2) is 78.0 Å². The first-order valence-corrected chi connectivity index (χ1v) is 8.95. The summed E-state index contributed by atoms with van der Waals surface area (Å²) in [4.78, 5) is 13.1. The topological polar surface area (TPSA) is 44.0 Å². The molecule has 2 aromatic carbocycles. The van der Waals surface area contributed by atoms with E-state index in [4.69, 9.17) is 0 Å². The third-order valence-electron chi connectivity index (χ3n) is 3.98. The normalized spacial score (nSPS) is 11.9. The van der Waals surface area contributed by atoms with E-state index in [0.717, 1.165) is 21.4 Å². The number of aromatic nitrogens is 1. The standard InChI is InChI=1S/C21H19NO2S/c1-15-6-10-17(11-7-15)20(23)21(18-12-8-16(2)9-13-18)25-19-5-3-4-14-22(19)24/h3-14,21H,1-2H3. The summed E-state index contributed by atoms with van der Waals surface area (Å²) in [5.74, 6) is -0.00212. The predicted octanol–water partition coefficient (Wildman–Crippen LogP) is 4.65. The van der Waals surface area contributed by atoms with Crippen LogP contribution in [-0.2, 0) is 0 Å². The van der Waals surface area contributed by atoms with Gasteiger partial charge in [-0.1, -0.05) is 59.7 Å². The largest absolute Gasteiger partial charge is 0.618 e. The van der Waals surface area contributed by atoms with Crippen molar-refractivity contribution in [2.24, 2.45) is 0 Å². The number of nitrogens with zero attached hydrogens (tertiary/aromatic N) is 1. The third-order valence-corrected chi connectivity index (χ3v) is 5.26. The Hall–Kier alpha value is -2.59. The molecule has 0 aliphatic carbocycles. The molecule has 1 atom stereocenters. The third kappa shape index (κ3) is 4.09. The second kappa shape index (κ2) is 7.53. The van der Waals surface area contributed by atoms with E-state index in [1.807, 2.05) is 62.4 Å². The van der Waals surface area contributed by atoms with Crippen molar-refractivity contribution in [1.29, 1.82) is 0 Å². The summed E-state index contributed by atoms with van der Waals surface area (Å²) in [6, 6.07) is 20.7. The van der Waals surface area contributed by atoms with Gasteiger partial charge in [0.2, 0.25) is 0 Å². The second-order valence-corrected chi connectivity index (χ2v) is 7.13. The van der Waals surface area contributed by atoms with Crippen molar-refractivity contribution < 1.29 is 9.52 Å². The average Bonchev–Trinajstić information content (AvgIpc) is 2.62. The van der Waals surface area contributed by atoms with Crippen molar-refractivity contribution in [3.8, 4) is 0 Å². The van der Waals surface area contributed by atoms with E-state index in [0.29, 0.717) is 10.6 Å². The molecule has 0 aliphatic rings. The fraction of sp³-hybridized carbons (Fsp3) is 0.143. The zero-order chi connectivity index (χ0) is 17.8. The van der Waals surface area contributed by atoms with Crippen molar-refractivity contribution in [3.05, 3.63) is 100 Å². The number of hydrogen-bond acceptors (Lipinski definition) is 3. The van der Waals surface area contributed by atoms with Gasteiger partial charge in [-0.3, -0.25) is 4.79 Å². The van der Waals surface area contributed by atoms with Crippen LogP contribution >= 0.6 is 11.8 Å². The van der Waals surface area contributed by atoms with E-state index in [9.17, 15) is 10.0 Å². The van der Waals surface area contributed by atoms with Crippen LogP contribution in [-0.4, -0.2) is 5.78 Å². The SMILES string of the molecule is Cc1ccc(C(=O)C(Sc2cccc[n+]2[O-])c2ccc(C)cc2)cc1. The lowest BCUT2D eigenvalue weighted by Crippen LogP contribution is -2.28. The molecule has 0 amide bonds. The van der Waals surface area contributed by atoms with Crippen LogP contribution in [0.2, 0.25) is 0 Å². The van der Waals surface area contributed by atoms with Gasteiger partial charge in [0.1, 0.15) is 5.25 Å². The molecule has 0 saturated heterocycles. The number of pyridine rings is 1. The molecule has 3 rings (SSSR count). The first-order chi connectivity index (χ1) is 12.0. The lowest BCUT2D eigenvalue weighted by molar-refractivity contribution is -0.645. The molecule has 0 N–H and O–H groups in total. The van der Waals surface area contributed by atoms with Gasteiger partial charge in [0.05, 0.1) is 0 Å². The fourth-order valence-corrected chi connectivity index (χ4v) is 3.61. The highest BCUT2D eigenvalue weighted by Crippen LogP contribution is 2.36. The number of carbonyl (C=O) groups excluding carboxylic acids is 1. The highest BCUT2D eigenvalue weighted by atomic mass is 32.2. The Bertz CT molecular complexity index is 873. The van der Waals surface area contributed by atoms with Crippen LogP contribution in [0.4, 0.5) is 0 Å². The van der Waals surface area contributed by atoms with Crippen molar-refractivity contribution in [2.45, 2.75) is 24.1 Å². The number of thioether (sulfide) groups is 1. The lowest BCUT2D eigenvalue weighted by Gasteiger charge is -2.16. The molecule has 0 radical (unpaired) electrons. The summed E-state index contributed by atoms with van der Waals surface area (Å²) >= 11 is 1.28. The minimum Gasteiger partial charge on any atom is -0.618 e. The van der Waals surface area contributed by atoms with E-state index < -0.39 is 5.25 Å². The summed E-state index contributed by atoms with van der Waals surface area (Å²) in [7, 11) is 0. The van der Waals surface area contributed by atoms with E-state index in [1.165, 1.54) is 18.0 Å². The average molecular weight is 349 g/mol. The maximum atomic E-state index is 13.1. The van der Waals surface area contributed by atoms with Crippen molar-refractivity contribution in [1.82, 2.24) is 0 Å². The molecular weight excluding hydrogens is 330 g/mol. The molecular formula is C21H19NO2S. The molecule has 4 heteroatoms. The van der Waals surface area contributed by atoms with Gasteiger partial charge >= 0.3 is 0 Å². The highest BCUT2D eigenvalue weighted by molar-refractivity contribution is 8.00. The van der Waals surface area contributed by atoms with E-state index in [-0.39, 0.29) is 5.78 Å². The van der Waals surface area contributed by atoms with Gasteiger partial charge in [0.15, 0.2) is 12.0 Å². The Kier molecular flexibility index (Phi) is 5.19. The van der Waals surface area contributed by atoms with Crippen LogP contribution in [0.3, 0.4) is 0 Å². The van der Waals surface area contributed by atoms with E-state index in [2.05, 4.69) is 0 Å². The Labute approximate surface area is 151 Å². The van der Waals surface area contributed by atoms with Gasteiger partial charge in [-0.2, -0.15) is 4.73 Å². The molecule has 1 aromatic heterocycles. The van der Waals surface area contributed by atoms with Crippen LogP contribution in [0.5, 0.6) is 0 Å². The van der Waals surface area contributed by atoms with E-state index in [1.54, 1.807) is 18.2 Å². The molecule has 126 valence electrons. The zero-order valence-electron chi connectivity index (χ0n) is 14.2. The van der Waals surface area contributed by atoms with Crippen molar-refractivity contribution >= 4 is 17.5 Å². The Morgan fingerprint density at radius 2 is 1.52 bits per heavy atom. The maximum absolute atomic E-state index is 13.1. The van der Waals surface area contributed by atoms with Crippen LogP contribution in [0, 0.1) is 19.1 Å².